The van der Waals surface area contributed by atoms with Crippen LogP contribution in [0.3, 0.4) is 0 Å². The monoisotopic (exact) mass is 754 g/mol. The maximum Gasteiger partial charge on any atom is 0.279 e. The summed E-state index contributed by atoms with van der Waals surface area (Å²) in [7, 11) is -4.84. The van der Waals surface area contributed by atoms with Gasteiger partial charge in [0.25, 0.3) is 26.3 Å². The summed E-state index contributed by atoms with van der Waals surface area (Å²) in [6.45, 7) is 1.23. The highest BCUT2D eigenvalue weighted by Crippen LogP contribution is 2.37. The van der Waals surface area contributed by atoms with Crippen molar-refractivity contribution >= 4 is 43.0 Å². The van der Waals surface area contributed by atoms with Gasteiger partial charge in [-0.25, -0.2) is 30.2 Å². The highest BCUT2D eigenvalue weighted by Gasteiger charge is 2.26. The number of ether oxygens (including phenoxy) is 2. The van der Waals surface area contributed by atoms with Crippen molar-refractivity contribution in [2.45, 2.75) is 44.6 Å². The van der Waals surface area contributed by atoms with Gasteiger partial charge in [-0.1, -0.05) is 12.1 Å². The second-order valence-electron chi connectivity index (χ2n) is 12.9. The SMILES string of the molecule is CNC(=O)c1cc(N2CCC(CCN(COc3cc4ncnc(-c5ccc6c(c5)CCC(NS(N)(=O)=O)C6)c4cc3OC)S(N)(=O)=O)CC2)ncn1. The van der Waals surface area contributed by atoms with Crippen molar-refractivity contribution < 1.29 is 31.1 Å². The molecule has 0 saturated carbocycles. The van der Waals surface area contributed by atoms with Gasteiger partial charge in [-0.15, -0.1) is 0 Å². The number of nitrogens with zero attached hydrogens (tertiary/aromatic N) is 6. The van der Waals surface area contributed by atoms with Gasteiger partial charge in [-0.3, -0.25) is 4.79 Å². The summed E-state index contributed by atoms with van der Waals surface area (Å²) in [4.78, 5) is 31.4. The molecule has 1 aliphatic carbocycles. The maximum absolute atomic E-state index is 12.6. The molecule has 278 valence electrons. The van der Waals surface area contributed by atoms with Crippen molar-refractivity contribution in [1.29, 1.82) is 0 Å². The number of aryl methyl sites for hydroxylation is 1. The molecule has 1 fully saturated rings. The molecule has 2 aromatic carbocycles. The summed E-state index contributed by atoms with van der Waals surface area (Å²) < 4.78 is 63.5. The quantitative estimate of drug-likeness (QED) is 0.141. The van der Waals surface area contributed by atoms with E-state index < -0.39 is 20.4 Å². The number of amides is 1. The first-order valence-electron chi connectivity index (χ1n) is 16.8. The molecule has 2 aliphatic rings. The Bertz CT molecular complexity index is 2160. The standard InChI is InChI=1S/C33H42N10O7S2/c1-36-33(44)28-17-31(39-18-38-28)42-10-7-21(8-11-42)9-12-43(52(35,47)48)20-50-30-16-27-26(15-29(30)49-2)32(40-19-37-27)24-4-3-23-14-25(41-51(34,45)46)6-5-22(23)13-24/h3-4,13,15-19,21,25,41H,5-12,14,20H2,1-2H3,(H,36,44)(H2,34,45,46)(H2,35,47,48). The normalized spacial score (nSPS) is 16.9. The van der Waals surface area contributed by atoms with Gasteiger partial charge in [0.2, 0.25) is 0 Å². The molecule has 6 rings (SSSR count). The third-order valence-corrected chi connectivity index (χ3v) is 11.2. The fraction of sp³-hybridized carbons (Fsp3) is 0.424. The van der Waals surface area contributed by atoms with Gasteiger partial charge in [0.15, 0.2) is 18.2 Å². The van der Waals surface area contributed by atoms with Crippen LogP contribution in [0.15, 0.2) is 49.1 Å². The van der Waals surface area contributed by atoms with Crippen molar-refractivity contribution in [3.8, 4) is 22.8 Å². The Morgan fingerprint density at radius 2 is 1.73 bits per heavy atom. The summed E-state index contributed by atoms with van der Waals surface area (Å²) in [6, 6.07) is 10.8. The molecule has 4 aromatic rings. The highest BCUT2D eigenvalue weighted by molar-refractivity contribution is 7.87. The minimum absolute atomic E-state index is 0.164. The molecular weight excluding hydrogens is 713 g/mol. The molecule has 17 nitrogen and oxygen atoms in total. The predicted molar refractivity (Wildman–Crippen MR) is 194 cm³/mol. The fourth-order valence-electron chi connectivity index (χ4n) is 6.76. The van der Waals surface area contributed by atoms with Crippen molar-refractivity contribution in [3.05, 3.63) is 65.9 Å². The number of methoxy groups -OCH3 is 1. The zero-order valence-electron chi connectivity index (χ0n) is 28.9. The predicted octanol–water partition coefficient (Wildman–Crippen LogP) is 1.25. The number of nitrogens with two attached hydrogens (primary N) is 2. The number of carbonyl (C=O) groups is 1. The Kier molecular flexibility index (Phi) is 11.2. The van der Waals surface area contributed by atoms with E-state index in [2.05, 4.69) is 34.9 Å². The Balaban J connectivity index is 1.11. The fourth-order valence-corrected chi connectivity index (χ4v) is 7.98. The van der Waals surface area contributed by atoms with Gasteiger partial charge in [0.1, 0.15) is 24.2 Å². The van der Waals surface area contributed by atoms with Crippen LogP contribution in [0.4, 0.5) is 5.82 Å². The van der Waals surface area contributed by atoms with E-state index in [0.717, 1.165) is 33.8 Å². The van der Waals surface area contributed by atoms with Crippen molar-refractivity contribution in [2.75, 3.05) is 45.4 Å². The zero-order chi connectivity index (χ0) is 37.0. The summed E-state index contributed by atoms with van der Waals surface area (Å²) in [5.41, 5.74) is 4.52. The van der Waals surface area contributed by atoms with E-state index in [1.54, 1.807) is 25.2 Å². The highest BCUT2D eigenvalue weighted by atomic mass is 32.2. The number of anilines is 1. The van der Waals surface area contributed by atoms with Gasteiger partial charge in [-0.2, -0.15) is 25.9 Å². The molecule has 0 radical (unpaired) electrons. The van der Waals surface area contributed by atoms with Crippen LogP contribution in [0.1, 0.15) is 47.3 Å². The molecule has 0 bridgehead atoms. The minimum Gasteiger partial charge on any atom is -0.493 e. The van der Waals surface area contributed by atoms with Gasteiger partial charge in [0.05, 0.1) is 18.3 Å². The van der Waals surface area contributed by atoms with E-state index in [0.29, 0.717) is 78.4 Å². The molecule has 2 aromatic heterocycles. The van der Waals surface area contributed by atoms with E-state index in [-0.39, 0.29) is 31.1 Å². The Morgan fingerprint density at radius 1 is 0.962 bits per heavy atom. The molecule has 1 aliphatic heterocycles. The van der Waals surface area contributed by atoms with Crippen LogP contribution in [-0.4, -0.2) is 93.5 Å². The third kappa shape index (κ3) is 8.91. The Hall–Kier alpha value is -4.53. The van der Waals surface area contributed by atoms with Gasteiger partial charge in [0, 0.05) is 55.8 Å². The molecule has 6 N–H and O–H groups in total. The number of piperidine rings is 1. The number of nitrogens with one attached hydrogen (secondary N) is 2. The van der Waals surface area contributed by atoms with E-state index in [4.69, 9.17) is 19.8 Å². The number of aromatic nitrogens is 4. The van der Waals surface area contributed by atoms with E-state index in [1.807, 2.05) is 18.2 Å². The van der Waals surface area contributed by atoms with Gasteiger partial charge in [-0.05, 0) is 67.7 Å². The van der Waals surface area contributed by atoms with Gasteiger partial charge >= 0.3 is 0 Å². The first-order chi connectivity index (χ1) is 24.8. The average molecular weight is 755 g/mol. The molecular formula is C33H42N10O7S2. The lowest BCUT2D eigenvalue weighted by atomic mass is 9.87. The topological polar surface area (TPSA) is 238 Å². The van der Waals surface area contributed by atoms with E-state index in [9.17, 15) is 21.6 Å². The number of carbonyl (C=O) groups excluding carboxylic acids is 1. The zero-order valence-corrected chi connectivity index (χ0v) is 30.5. The largest absolute Gasteiger partial charge is 0.493 e. The van der Waals surface area contributed by atoms with Gasteiger partial charge < -0.3 is 19.7 Å². The lowest BCUT2D eigenvalue weighted by Gasteiger charge is -2.33. The number of fused-ring (bicyclic) bond motifs is 2. The summed E-state index contributed by atoms with van der Waals surface area (Å²) in [5.74, 6) is 1.29. The lowest BCUT2D eigenvalue weighted by Crippen LogP contribution is -2.42. The van der Waals surface area contributed by atoms with Crippen LogP contribution in [0.25, 0.3) is 22.2 Å². The molecule has 52 heavy (non-hydrogen) atoms. The summed E-state index contributed by atoms with van der Waals surface area (Å²) in [5, 5.41) is 14.1. The van der Waals surface area contributed by atoms with Crippen LogP contribution >= 0.6 is 0 Å². The average Bonchev–Trinajstić information content (AvgIpc) is 3.12. The first-order valence-corrected chi connectivity index (χ1v) is 19.8. The number of rotatable bonds is 13. The molecule has 0 spiro atoms. The van der Waals surface area contributed by atoms with Crippen LogP contribution in [-0.2, 0) is 33.3 Å². The molecule has 1 saturated heterocycles. The third-order valence-electron chi connectivity index (χ3n) is 9.52. The lowest BCUT2D eigenvalue weighted by molar-refractivity contribution is 0.0958. The molecule has 1 unspecified atom stereocenters. The number of hydrogen-bond donors (Lipinski definition) is 4. The van der Waals surface area contributed by atoms with Crippen LogP contribution < -0.4 is 34.7 Å². The Morgan fingerprint density at radius 3 is 2.44 bits per heavy atom. The summed E-state index contributed by atoms with van der Waals surface area (Å²) >= 11 is 0. The van der Waals surface area contributed by atoms with Crippen molar-refractivity contribution in [2.24, 2.45) is 16.2 Å². The van der Waals surface area contributed by atoms with E-state index >= 15 is 0 Å². The van der Waals surface area contributed by atoms with Crippen LogP contribution in [0, 0.1) is 5.92 Å². The van der Waals surface area contributed by atoms with Crippen molar-refractivity contribution in [1.82, 2.24) is 34.3 Å². The Labute approximate surface area is 302 Å². The number of hydrogen-bond acceptors (Lipinski definition) is 12. The van der Waals surface area contributed by atoms with Crippen molar-refractivity contribution in [3.63, 3.8) is 0 Å². The van der Waals surface area contributed by atoms with Crippen LogP contribution in [0.2, 0.25) is 0 Å². The molecule has 3 heterocycles. The van der Waals surface area contributed by atoms with E-state index in [1.165, 1.54) is 19.8 Å². The molecule has 19 heteroatoms. The van der Waals surface area contributed by atoms with Crippen LogP contribution in [0.5, 0.6) is 11.5 Å². The second kappa shape index (κ2) is 15.6. The number of benzene rings is 2. The maximum atomic E-state index is 12.6. The first kappa shape index (κ1) is 37.2. The smallest absolute Gasteiger partial charge is 0.279 e. The second-order valence-corrected chi connectivity index (χ2v) is 15.8. The summed E-state index contributed by atoms with van der Waals surface area (Å²) in [6.07, 6.45) is 6.84. The molecule has 1 amide bonds. The minimum atomic E-state index is -4.09. The molecule has 1 atom stereocenters.